The Balaban J connectivity index is 2.32. The molecule has 0 aliphatic heterocycles. The average molecular weight is 254 g/mol. The normalized spacial score (nSPS) is 10.1. The van der Waals surface area contributed by atoms with Gasteiger partial charge in [-0.15, -0.1) is 0 Å². The molecule has 0 heterocycles. The van der Waals surface area contributed by atoms with Crippen molar-refractivity contribution in [3.63, 3.8) is 0 Å². The molecule has 0 fully saturated rings. The zero-order valence-electron chi connectivity index (χ0n) is 8.28. The molecule has 2 N–H and O–H groups in total. The Bertz CT molecular complexity index is 500. The number of para-hydroxylation sites is 1. The summed E-state index contributed by atoms with van der Waals surface area (Å²) in [6.45, 7) is 0. The molecule has 0 aliphatic rings. The number of nitrogens with two attached hydrogens (primary N) is 1. The number of ether oxygens (including phenoxy) is 1. The maximum atomic E-state index is 5.99. The van der Waals surface area contributed by atoms with E-state index in [9.17, 15) is 0 Å². The summed E-state index contributed by atoms with van der Waals surface area (Å²) in [5.41, 5.74) is 6.05. The summed E-state index contributed by atoms with van der Waals surface area (Å²) < 4.78 is 5.57. The smallest absolute Gasteiger partial charge is 0.147 e. The summed E-state index contributed by atoms with van der Waals surface area (Å²) in [6.07, 6.45) is 0. The molecule has 0 saturated heterocycles. The number of halogens is 2. The average Bonchev–Trinajstić information content (AvgIpc) is 2.27. The summed E-state index contributed by atoms with van der Waals surface area (Å²) >= 11 is 11.9. The zero-order chi connectivity index (χ0) is 11.5. The van der Waals surface area contributed by atoms with Crippen LogP contribution in [0.25, 0.3) is 0 Å². The van der Waals surface area contributed by atoms with E-state index in [-0.39, 0.29) is 0 Å². The third-order valence-corrected chi connectivity index (χ3v) is 2.64. The molecule has 0 aromatic heterocycles. The van der Waals surface area contributed by atoms with E-state index >= 15 is 0 Å². The molecule has 2 nitrogen and oxygen atoms in total. The van der Waals surface area contributed by atoms with Crippen molar-refractivity contribution in [1.82, 2.24) is 0 Å². The van der Waals surface area contributed by atoms with Gasteiger partial charge in [0.15, 0.2) is 0 Å². The van der Waals surface area contributed by atoms with E-state index in [4.69, 9.17) is 33.7 Å². The van der Waals surface area contributed by atoms with Crippen molar-refractivity contribution >= 4 is 28.9 Å². The minimum absolute atomic E-state index is 0.426. The molecular weight excluding hydrogens is 245 g/mol. The largest absolute Gasteiger partial charge is 0.456 e. The van der Waals surface area contributed by atoms with Gasteiger partial charge >= 0.3 is 0 Å². The lowest BCUT2D eigenvalue weighted by atomic mass is 10.3. The molecule has 0 saturated carbocycles. The summed E-state index contributed by atoms with van der Waals surface area (Å²) in [7, 11) is 0. The van der Waals surface area contributed by atoms with E-state index in [1.165, 1.54) is 0 Å². The standard InChI is InChI=1S/C12H9Cl2NO/c13-9-7-12(10(14)6-11(9)15)16-8-4-2-1-3-5-8/h1-7H,15H2. The third kappa shape index (κ3) is 2.40. The van der Waals surface area contributed by atoms with Crippen LogP contribution in [0.1, 0.15) is 0 Å². The van der Waals surface area contributed by atoms with Crippen LogP contribution in [0.3, 0.4) is 0 Å². The van der Waals surface area contributed by atoms with Crippen molar-refractivity contribution in [2.75, 3.05) is 5.73 Å². The molecule has 0 aliphatic carbocycles. The van der Waals surface area contributed by atoms with Crippen molar-refractivity contribution in [2.24, 2.45) is 0 Å². The number of anilines is 1. The number of hydrogen-bond acceptors (Lipinski definition) is 2. The van der Waals surface area contributed by atoms with Gasteiger partial charge in [0.05, 0.1) is 15.7 Å². The highest BCUT2D eigenvalue weighted by Crippen LogP contribution is 2.35. The molecule has 4 heteroatoms. The molecule has 2 aromatic rings. The zero-order valence-corrected chi connectivity index (χ0v) is 9.79. The second-order valence-electron chi connectivity index (χ2n) is 3.22. The first kappa shape index (κ1) is 11.1. The van der Waals surface area contributed by atoms with Crippen molar-refractivity contribution in [3.05, 3.63) is 52.5 Å². The van der Waals surface area contributed by atoms with Gasteiger partial charge in [-0.05, 0) is 18.2 Å². The lowest BCUT2D eigenvalue weighted by Crippen LogP contribution is -1.90. The van der Waals surface area contributed by atoms with Crippen LogP contribution in [0.5, 0.6) is 11.5 Å². The third-order valence-electron chi connectivity index (χ3n) is 2.02. The molecule has 0 unspecified atom stereocenters. The van der Waals surface area contributed by atoms with Crippen molar-refractivity contribution < 1.29 is 4.74 Å². The highest BCUT2D eigenvalue weighted by atomic mass is 35.5. The van der Waals surface area contributed by atoms with Gasteiger partial charge in [-0.2, -0.15) is 0 Å². The van der Waals surface area contributed by atoms with Gasteiger partial charge < -0.3 is 10.5 Å². The Labute approximate surface area is 104 Å². The quantitative estimate of drug-likeness (QED) is 0.807. The molecule has 0 spiro atoms. The van der Waals surface area contributed by atoms with E-state index < -0.39 is 0 Å². The van der Waals surface area contributed by atoms with Gasteiger partial charge in [0.1, 0.15) is 11.5 Å². The molecule has 0 amide bonds. The minimum Gasteiger partial charge on any atom is -0.456 e. The highest BCUT2D eigenvalue weighted by Gasteiger charge is 2.07. The Hall–Kier alpha value is -1.38. The SMILES string of the molecule is Nc1cc(Cl)c(Oc2ccccc2)cc1Cl. The van der Waals surface area contributed by atoms with Crippen LogP contribution in [-0.2, 0) is 0 Å². The predicted molar refractivity (Wildman–Crippen MR) is 67.4 cm³/mol. The van der Waals surface area contributed by atoms with Gasteiger partial charge in [0.25, 0.3) is 0 Å². The number of rotatable bonds is 2. The lowest BCUT2D eigenvalue weighted by molar-refractivity contribution is 0.483. The number of nitrogen functional groups attached to an aromatic ring is 1. The summed E-state index contributed by atoms with van der Waals surface area (Å²) in [5.74, 6) is 1.19. The van der Waals surface area contributed by atoms with Crippen LogP contribution in [0, 0.1) is 0 Å². The van der Waals surface area contributed by atoms with Gasteiger partial charge in [-0.25, -0.2) is 0 Å². The highest BCUT2D eigenvalue weighted by molar-refractivity contribution is 6.36. The second kappa shape index (κ2) is 4.64. The van der Waals surface area contributed by atoms with Gasteiger partial charge in [-0.3, -0.25) is 0 Å². The lowest BCUT2D eigenvalue weighted by Gasteiger charge is -2.08. The minimum atomic E-state index is 0.426. The Kier molecular flexibility index (Phi) is 3.22. The van der Waals surface area contributed by atoms with E-state index in [0.717, 1.165) is 0 Å². The fourth-order valence-electron chi connectivity index (χ4n) is 1.24. The van der Waals surface area contributed by atoms with Crippen molar-refractivity contribution in [3.8, 4) is 11.5 Å². The van der Waals surface area contributed by atoms with Crippen molar-refractivity contribution in [2.45, 2.75) is 0 Å². The Morgan fingerprint density at radius 3 is 2.31 bits per heavy atom. The predicted octanol–water partition coefficient (Wildman–Crippen LogP) is 4.37. The van der Waals surface area contributed by atoms with E-state index in [1.807, 2.05) is 30.3 Å². The molecule has 82 valence electrons. The molecule has 0 atom stereocenters. The maximum absolute atomic E-state index is 5.99. The first-order chi connectivity index (χ1) is 7.66. The van der Waals surface area contributed by atoms with Gasteiger partial charge in [0, 0.05) is 6.07 Å². The summed E-state index contributed by atoms with van der Waals surface area (Å²) in [4.78, 5) is 0. The topological polar surface area (TPSA) is 35.2 Å². The van der Waals surface area contributed by atoms with Gasteiger partial charge in [0.2, 0.25) is 0 Å². The van der Waals surface area contributed by atoms with Crippen LogP contribution in [0.4, 0.5) is 5.69 Å². The summed E-state index contributed by atoms with van der Waals surface area (Å²) in [6, 6.07) is 12.5. The van der Waals surface area contributed by atoms with Crippen molar-refractivity contribution in [1.29, 1.82) is 0 Å². The molecular formula is C12H9Cl2NO. The van der Waals surface area contributed by atoms with E-state index in [2.05, 4.69) is 0 Å². The maximum Gasteiger partial charge on any atom is 0.147 e. The van der Waals surface area contributed by atoms with Crippen LogP contribution in [0.2, 0.25) is 10.0 Å². The fourth-order valence-corrected chi connectivity index (χ4v) is 1.60. The summed E-state index contributed by atoms with van der Waals surface area (Å²) in [5, 5.41) is 0.862. The van der Waals surface area contributed by atoms with E-state index in [0.29, 0.717) is 27.2 Å². The first-order valence-corrected chi connectivity index (χ1v) is 5.40. The Morgan fingerprint density at radius 1 is 0.938 bits per heavy atom. The molecule has 16 heavy (non-hydrogen) atoms. The van der Waals surface area contributed by atoms with Crippen LogP contribution >= 0.6 is 23.2 Å². The molecule has 0 bridgehead atoms. The van der Waals surface area contributed by atoms with Crippen LogP contribution in [-0.4, -0.2) is 0 Å². The fraction of sp³-hybridized carbons (Fsp3) is 0. The molecule has 2 aromatic carbocycles. The first-order valence-electron chi connectivity index (χ1n) is 4.64. The number of hydrogen-bond donors (Lipinski definition) is 1. The Morgan fingerprint density at radius 2 is 1.62 bits per heavy atom. The monoisotopic (exact) mass is 253 g/mol. The van der Waals surface area contributed by atoms with Gasteiger partial charge in [-0.1, -0.05) is 41.4 Å². The number of benzene rings is 2. The molecule has 0 radical (unpaired) electrons. The molecule has 2 rings (SSSR count). The second-order valence-corrected chi connectivity index (χ2v) is 4.03. The van der Waals surface area contributed by atoms with Crippen LogP contribution < -0.4 is 10.5 Å². The van der Waals surface area contributed by atoms with E-state index in [1.54, 1.807) is 12.1 Å². The van der Waals surface area contributed by atoms with Crippen LogP contribution in [0.15, 0.2) is 42.5 Å².